The van der Waals surface area contributed by atoms with Gasteiger partial charge in [0, 0.05) is 23.4 Å². The summed E-state index contributed by atoms with van der Waals surface area (Å²) in [6.07, 6.45) is 1.88. The number of hydrogen-bond acceptors (Lipinski definition) is 4. The predicted molar refractivity (Wildman–Crippen MR) is 88.3 cm³/mol. The Morgan fingerprint density at radius 2 is 2.05 bits per heavy atom. The van der Waals surface area contributed by atoms with Gasteiger partial charge in [-0.15, -0.1) is 0 Å². The van der Waals surface area contributed by atoms with Crippen LogP contribution >= 0.6 is 11.6 Å². The third-order valence-corrected chi connectivity index (χ3v) is 4.13. The number of ether oxygens (including phenoxy) is 1. The van der Waals surface area contributed by atoms with Gasteiger partial charge in [0.2, 0.25) is 0 Å². The summed E-state index contributed by atoms with van der Waals surface area (Å²) in [5.74, 6) is 1.67. The van der Waals surface area contributed by atoms with Crippen LogP contribution in [0.1, 0.15) is 36.5 Å². The van der Waals surface area contributed by atoms with Crippen LogP contribution in [0.25, 0.3) is 0 Å². The highest BCUT2D eigenvalue weighted by Gasteiger charge is 2.30. The maximum absolute atomic E-state index is 5.96. The van der Waals surface area contributed by atoms with Gasteiger partial charge in [0.15, 0.2) is 0 Å². The minimum atomic E-state index is 0.0256. The first-order chi connectivity index (χ1) is 10.7. The lowest BCUT2D eigenvalue weighted by atomic mass is 10.0. The van der Waals surface area contributed by atoms with Crippen molar-refractivity contribution in [3.63, 3.8) is 0 Å². The monoisotopic (exact) mass is 317 g/mol. The number of nitrogens with zero attached hydrogens (tertiary/aromatic N) is 2. The van der Waals surface area contributed by atoms with Gasteiger partial charge in [-0.05, 0) is 37.5 Å². The lowest BCUT2D eigenvalue weighted by Crippen LogP contribution is -2.24. The molecule has 2 aromatic rings. The number of halogens is 1. The number of aromatic nitrogens is 2. The first kappa shape index (κ1) is 15.3. The van der Waals surface area contributed by atoms with E-state index in [-0.39, 0.29) is 12.1 Å². The van der Waals surface area contributed by atoms with Crippen molar-refractivity contribution >= 4 is 17.4 Å². The van der Waals surface area contributed by atoms with Crippen LogP contribution in [0, 0.1) is 6.92 Å². The molecule has 0 spiro atoms. The Kier molecular flexibility index (Phi) is 4.60. The fourth-order valence-corrected chi connectivity index (χ4v) is 2.92. The van der Waals surface area contributed by atoms with Crippen molar-refractivity contribution in [3.05, 3.63) is 52.4 Å². The fourth-order valence-electron chi connectivity index (χ4n) is 2.79. The van der Waals surface area contributed by atoms with Gasteiger partial charge in [-0.25, -0.2) is 9.97 Å². The molecule has 116 valence electrons. The summed E-state index contributed by atoms with van der Waals surface area (Å²) in [7, 11) is 0. The van der Waals surface area contributed by atoms with Gasteiger partial charge in [-0.1, -0.05) is 30.7 Å². The van der Waals surface area contributed by atoms with Gasteiger partial charge in [-0.3, -0.25) is 0 Å². The summed E-state index contributed by atoms with van der Waals surface area (Å²) in [4.78, 5) is 8.91. The zero-order chi connectivity index (χ0) is 15.5. The summed E-state index contributed by atoms with van der Waals surface area (Å²) in [5, 5.41) is 4.25. The van der Waals surface area contributed by atoms with E-state index in [0.29, 0.717) is 0 Å². The van der Waals surface area contributed by atoms with E-state index in [1.54, 1.807) is 0 Å². The van der Waals surface area contributed by atoms with Crippen molar-refractivity contribution in [3.8, 4) is 0 Å². The lowest BCUT2D eigenvalue weighted by Gasteiger charge is -2.21. The average Bonchev–Trinajstić information content (AvgIpc) is 2.95. The number of rotatable bonds is 4. The second-order valence-electron chi connectivity index (χ2n) is 5.53. The smallest absolute Gasteiger partial charge is 0.130 e. The minimum Gasteiger partial charge on any atom is -0.371 e. The third kappa shape index (κ3) is 3.39. The molecule has 1 fully saturated rings. The molecule has 1 saturated heterocycles. The molecule has 4 nitrogen and oxygen atoms in total. The molecule has 0 radical (unpaired) electrons. The van der Waals surface area contributed by atoms with Crippen molar-refractivity contribution < 1.29 is 4.74 Å². The van der Waals surface area contributed by atoms with Crippen LogP contribution in [-0.2, 0) is 11.2 Å². The van der Waals surface area contributed by atoms with Crippen molar-refractivity contribution in [2.75, 3.05) is 11.9 Å². The predicted octanol–water partition coefficient (Wildman–Crippen LogP) is 3.94. The molecule has 0 amide bonds. The number of anilines is 1. The van der Waals surface area contributed by atoms with E-state index in [0.717, 1.165) is 47.4 Å². The van der Waals surface area contributed by atoms with Crippen LogP contribution < -0.4 is 5.32 Å². The topological polar surface area (TPSA) is 47.0 Å². The van der Waals surface area contributed by atoms with Crippen molar-refractivity contribution in [2.24, 2.45) is 0 Å². The highest BCUT2D eigenvalue weighted by atomic mass is 35.5. The maximum atomic E-state index is 5.96. The van der Waals surface area contributed by atoms with E-state index < -0.39 is 0 Å². The molecular formula is C17H20ClN3O. The Labute approximate surface area is 135 Å². The van der Waals surface area contributed by atoms with Crippen LogP contribution in [-0.4, -0.2) is 22.6 Å². The lowest BCUT2D eigenvalue weighted by molar-refractivity contribution is 0.107. The molecule has 1 aliphatic rings. The number of aryl methyl sites for hydroxylation is 2. The molecule has 0 saturated carbocycles. The second kappa shape index (κ2) is 6.63. The van der Waals surface area contributed by atoms with Crippen LogP contribution in [0.5, 0.6) is 0 Å². The van der Waals surface area contributed by atoms with E-state index >= 15 is 0 Å². The number of hydrogen-bond donors (Lipinski definition) is 1. The van der Waals surface area contributed by atoms with Gasteiger partial charge >= 0.3 is 0 Å². The summed E-state index contributed by atoms with van der Waals surface area (Å²) in [5.41, 5.74) is 2.19. The zero-order valence-electron chi connectivity index (χ0n) is 12.8. The summed E-state index contributed by atoms with van der Waals surface area (Å²) in [6.45, 7) is 4.77. The standard InChI is InChI=1S/C17H20ClN3O/c1-3-14-10-16(20-11(2)19-14)21-15-8-9-22-17(15)12-4-6-13(18)7-5-12/h4-7,10,15,17H,3,8-9H2,1-2H3,(H,19,20,21). The van der Waals surface area contributed by atoms with Gasteiger partial charge in [0.05, 0.1) is 6.04 Å². The zero-order valence-corrected chi connectivity index (χ0v) is 13.6. The van der Waals surface area contributed by atoms with E-state index in [2.05, 4.69) is 22.2 Å². The molecule has 2 atom stereocenters. The summed E-state index contributed by atoms with van der Waals surface area (Å²) < 4.78 is 5.90. The third-order valence-electron chi connectivity index (χ3n) is 3.88. The Balaban J connectivity index is 1.79. The quantitative estimate of drug-likeness (QED) is 0.927. The largest absolute Gasteiger partial charge is 0.371 e. The van der Waals surface area contributed by atoms with E-state index in [1.807, 2.05) is 37.3 Å². The normalized spacial score (nSPS) is 21.0. The molecule has 0 aliphatic carbocycles. The highest BCUT2D eigenvalue weighted by Crippen LogP contribution is 2.31. The van der Waals surface area contributed by atoms with Crippen molar-refractivity contribution in [1.29, 1.82) is 0 Å². The molecule has 1 aromatic carbocycles. The van der Waals surface area contributed by atoms with Crippen molar-refractivity contribution in [1.82, 2.24) is 9.97 Å². The molecule has 3 rings (SSSR count). The van der Waals surface area contributed by atoms with E-state index in [9.17, 15) is 0 Å². The minimum absolute atomic E-state index is 0.0256. The first-order valence-electron chi connectivity index (χ1n) is 7.64. The first-order valence-corrected chi connectivity index (χ1v) is 8.01. The Morgan fingerprint density at radius 1 is 1.27 bits per heavy atom. The second-order valence-corrected chi connectivity index (χ2v) is 5.96. The summed E-state index contributed by atoms with van der Waals surface area (Å²) in [6, 6.07) is 10.1. The fraction of sp³-hybridized carbons (Fsp3) is 0.412. The molecule has 22 heavy (non-hydrogen) atoms. The Morgan fingerprint density at radius 3 is 2.77 bits per heavy atom. The van der Waals surface area contributed by atoms with Crippen LogP contribution in [0.3, 0.4) is 0 Å². The molecule has 1 aromatic heterocycles. The van der Waals surface area contributed by atoms with Gasteiger partial charge in [0.1, 0.15) is 17.7 Å². The van der Waals surface area contributed by atoms with E-state index in [4.69, 9.17) is 16.3 Å². The Hall–Kier alpha value is -1.65. The van der Waals surface area contributed by atoms with Crippen molar-refractivity contribution in [2.45, 2.75) is 38.8 Å². The number of benzene rings is 1. The summed E-state index contributed by atoms with van der Waals surface area (Å²) >= 11 is 5.96. The Bertz CT molecular complexity index is 645. The molecule has 2 heterocycles. The molecular weight excluding hydrogens is 298 g/mol. The number of nitrogens with one attached hydrogen (secondary N) is 1. The highest BCUT2D eigenvalue weighted by molar-refractivity contribution is 6.30. The van der Waals surface area contributed by atoms with Gasteiger partial charge in [0.25, 0.3) is 0 Å². The van der Waals surface area contributed by atoms with Crippen LogP contribution in [0.15, 0.2) is 30.3 Å². The van der Waals surface area contributed by atoms with Gasteiger partial charge < -0.3 is 10.1 Å². The van der Waals surface area contributed by atoms with E-state index in [1.165, 1.54) is 0 Å². The molecule has 1 N–H and O–H groups in total. The average molecular weight is 318 g/mol. The van der Waals surface area contributed by atoms with Crippen LogP contribution in [0.2, 0.25) is 5.02 Å². The van der Waals surface area contributed by atoms with Gasteiger partial charge in [-0.2, -0.15) is 0 Å². The van der Waals surface area contributed by atoms with Crippen LogP contribution in [0.4, 0.5) is 5.82 Å². The molecule has 1 aliphatic heterocycles. The molecule has 0 bridgehead atoms. The molecule has 2 unspecified atom stereocenters. The molecule has 5 heteroatoms. The maximum Gasteiger partial charge on any atom is 0.130 e. The SMILES string of the molecule is CCc1cc(NC2CCOC2c2ccc(Cl)cc2)nc(C)n1.